The van der Waals surface area contributed by atoms with Gasteiger partial charge in [0, 0.05) is 24.6 Å². The minimum absolute atomic E-state index is 0.221. The molecule has 0 fully saturated rings. The lowest BCUT2D eigenvalue weighted by molar-refractivity contribution is 0.256. The molecule has 4 rings (SSSR count). The Labute approximate surface area is 145 Å². The summed E-state index contributed by atoms with van der Waals surface area (Å²) in [5.41, 5.74) is 3.44. The monoisotopic (exact) mass is 341 g/mol. The van der Waals surface area contributed by atoms with Crippen LogP contribution < -0.4 is 0 Å². The minimum Gasteiger partial charge on any atom is -0.339 e. The molecule has 0 unspecified atom stereocenters. The summed E-state index contributed by atoms with van der Waals surface area (Å²) >= 11 is 0. The van der Waals surface area contributed by atoms with Crippen molar-refractivity contribution >= 4 is 0 Å². The van der Waals surface area contributed by atoms with Crippen LogP contribution in [0, 0.1) is 5.82 Å². The van der Waals surface area contributed by atoms with Crippen LogP contribution in [0.3, 0.4) is 0 Å². The van der Waals surface area contributed by atoms with Gasteiger partial charge in [0.25, 0.3) is 0 Å². The minimum atomic E-state index is -0.221. The molecule has 7 heteroatoms. The molecule has 130 valence electrons. The van der Waals surface area contributed by atoms with Crippen LogP contribution in [-0.4, -0.2) is 24.8 Å². The predicted octanol–water partition coefficient (Wildman–Crippen LogP) is 3.09. The smallest absolute Gasteiger partial charge is 0.229 e. The molecule has 3 aromatic rings. The lowest BCUT2D eigenvalue weighted by Gasteiger charge is -2.13. The Hall–Kier alpha value is -2.54. The first-order valence-corrected chi connectivity index (χ1v) is 8.41. The molecule has 0 radical (unpaired) electrons. The molecule has 0 amide bonds. The van der Waals surface area contributed by atoms with Gasteiger partial charge in [0.1, 0.15) is 5.82 Å². The molecule has 0 aliphatic carbocycles. The summed E-state index contributed by atoms with van der Waals surface area (Å²) in [6, 6.07) is 6.55. The largest absolute Gasteiger partial charge is 0.339 e. The van der Waals surface area contributed by atoms with Crippen LogP contribution in [0.2, 0.25) is 0 Å². The SMILES string of the molecule is CC(C)c1nc(CN2Cc3cnn(Cc4ccc(F)cc4)c3C2)no1. The van der Waals surface area contributed by atoms with Gasteiger partial charge in [-0.15, -0.1) is 0 Å². The van der Waals surface area contributed by atoms with Crippen LogP contribution in [0.5, 0.6) is 0 Å². The van der Waals surface area contributed by atoms with Gasteiger partial charge in [-0.05, 0) is 17.7 Å². The highest BCUT2D eigenvalue weighted by Gasteiger charge is 2.25. The first-order chi connectivity index (χ1) is 12.1. The van der Waals surface area contributed by atoms with E-state index in [0.717, 1.165) is 18.7 Å². The Balaban J connectivity index is 1.44. The van der Waals surface area contributed by atoms with Crippen molar-refractivity contribution in [2.24, 2.45) is 0 Å². The topological polar surface area (TPSA) is 60.0 Å². The van der Waals surface area contributed by atoms with E-state index in [2.05, 4.69) is 20.1 Å². The van der Waals surface area contributed by atoms with Gasteiger partial charge in [0.2, 0.25) is 5.89 Å². The first kappa shape index (κ1) is 16.0. The van der Waals surface area contributed by atoms with Gasteiger partial charge in [0.05, 0.1) is 25.0 Å². The molecule has 1 aliphatic rings. The van der Waals surface area contributed by atoms with E-state index < -0.39 is 0 Å². The van der Waals surface area contributed by atoms with Gasteiger partial charge in [-0.25, -0.2) is 4.39 Å². The normalized spacial score (nSPS) is 14.4. The number of benzene rings is 1. The van der Waals surface area contributed by atoms with Crippen LogP contribution in [0.1, 0.15) is 48.3 Å². The Kier molecular flexibility index (Phi) is 4.09. The van der Waals surface area contributed by atoms with Crippen molar-refractivity contribution in [3.63, 3.8) is 0 Å². The summed E-state index contributed by atoms with van der Waals surface area (Å²) in [6.07, 6.45) is 1.91. The van der Waals surface area contributed by atoms with E-state index in [1.54, 1.807) is 12.1 Å². The molecule has 6 nitrogen and oxygen atoms in total. The fraction of sp³-hybridized carbons (Fsp3) is 0.389. The maximum Gasteiger partial charge on any atom is 0.229 e. The molecule has 1 aromatic carbocycles. The lowest BCUT2D eigenvalue weighted by Crippen LogP contribution is -2.18. The van der Waals surface area contributed by atoms with Crippen molar-refractivity contribution in [1.29, 1.82) is 0 Å². The van der Waals surface area contributed by atoms with E-state index in [4.69, 9.17) is 4.52 Å². The Morgan fingerprint density at radius 3 is 2.68 bits per heavy atom. The van der Waals surface area contributed by atoms with E-state index >= 15 is 0 Å². The van der Waals surface area contributed by atoms with Crippen LogP contribution in [-0.2, 0) is 26.2 Å². The van der Waals surface area contributed by atoms with E-state index in [-0.39, 0.29) is 11.7 Å². The predicted molar refractivity (Wildman–Crippen MR) is 89.1 cm³/mol. The van der Waals surface area contributed by atoms with Crippen LogP contribution in [0.15, 0.2) is 35.0 Å². The Bertz CT molecular complexity index is 868. The fourth-order valence-electron chi connectivity index (χ4n) is 3.05. The van der Waals surface area contributed by atoms with Crippen LogP contribution >= 0.6 is 0 Å². The third-order valence-corrected chi connectivity index (χ3v) is 4.39. The van der Waals surface area contributed by atoms with Crippen LogP contribution in [0.25, 0.3) is 0 Å². The zero-order valence-corrected chi connectivity index (χ0v) is 14.3. The average Bonchev–Trinajstić information content (AvgIpc) is 3.28. The second-order valence-corrected chi connectivity index (χ2v) is 6.75. The summed E-state index contributed by atoms with van der Waals surface area (Å²) in [6.45, 7) is 6.98. The number of hydrogen-bond acceptors (Lipinski definition) is 5. The number of aromatic nitrogens is 4. The van der Waals surface area contributed by atoms with E-state index in [0.29, 0.717) is 24.8 Å². The summed E-state index contributed by atoms with van der Waals surface area (Å²) in [5, 5.41) is 8.53. The average molecular weight is 341 g/mol. The molecule has 2 aromatic heterocycles. The van der Waals surface area contributed by atoms with E-state index in [9.17, 15) is 4.39 Å². The number of nitrogens with zero attached hydrogens (tertiary/aromatic N) is 5. The zero-order chi connectivity index (χ0) is 17.4. The highest BCUT2D eigenvalue weighted by Crippen LogP contribution is 2.24. The molecule has 0 bridgehead atoms. The fourth-order valence-corrected chi connectivity index (χ4v) is 3.05. The van der Waals surface area contributed by atoms with Crippen molar-refractivity contribution in [2.75, 3.05) is 0 Å². The van der Waals surface area contributed by atoms with Crippen LogP contribution in [0.4, 0.5) is 4.39 Å². The molecule has 25 heavy (non-hydrogen) atoms. The van der Waals surface area contributed by atoms with Gasteiger partial charge < -0.3 is 4.52 Å². The van der Waals surface area contributed by atoms with E-state index in [1.165, 1.54) is 23.4 Å². The third kappa shape index (κ3) is 3.32. The Morgan fingerprint density at radius 2 is 1.96 bits per heavy atom. The molecular formula is C18H20FN5O. The second-order valence-electron chi connectivity index (χ2n) is 6.75. The molecule has 1 aliphatic heterocycles. The van der Waals surface area contributed by atoms with Crippen molar-refractivity contribution in [1.82, 2.24) is 24.8 Å². The first-order valence-electron chi connectivity index (χ1n) is 8.41. The van der Waals surface area contributed by atoms with Gasteiger partial charge >= 0.3 is 0 Å². The number of halogens is 1. The molecule has 0 atom stereocenters. The maximum atomic E-state index is 13.0. The zero-order valence-electron chi connectivity index (χ0n) is 14.3. The summed E-state index contributed by atoms with van der Waals surface area (Å²) in [4.78, 5) is 6.71. The summed E-state index contributed by atoms with van der Waals surface area (Å²) < 4.78 is 20.3. The standard InChI is InChI=1S/C18H20FN5O/c1-12(2)18-21-17(22-25-18)11-23-9-14-7-20-24(16(14)10-23)8-13-3-5-15(19)6-4-13/h3-7,12H,8-11H2,1-2H3. The van der Waals surface area contributed by atoms with Crippen molar-refractivity contribution in [2.45, 2.75) is 45.9 Å². The third-order valence-electron chi connectivity index (χ3n) is 4.39. The molecule has 0 saturated heterocycles. The summed E-state index contributed by atoms with van der Waals surface area (Å²) in [7, 11) is 0. The summed E-state index contributed by atoms with van der Waals surface area (Å²) in [5.74, 6) is 1.41. The quantitative estimate of drug-likeness (QED) is 0.714. The van der Waals surface area contributed by atoms with Gasteiger partial charge in [0.15, 0.2) is 5.82 Å². The maximum absolute atomic E-state index is 13.0. The van der Waals surface area contributed by atoms with Crippen molar-refractivity contribution < 1.29 is 8.91 Å². The number of fused-ring (bicyclic) bond motifs is 1. The molecule has 3 heterocycles. The van der Waals surface area contributed by atoms with Gasteiger partial charge in [-0.1, -0.05) is 31.1 Å². The lowest BCUT2D eigenvalue weighted by atomic mass is 10.2. The Morgan fingerprint density at radius 1 is 1.16 bits per heavy atom. The second kappa shape index (κ2) is 6.40. The molecule has 0 saturated carbocycles. The van der Waals surface area contributed by atoms with Crippen molar-refractivity contribution in [3.05, 3.63) is 64.8 Å². The molecular weight excluding hydrogens is 321 g/mol. The highest BCUT2D eigenvalue weighted by atomic mass is 19.1. The van der Waals surface area contributed by atoms with E-state index in [1.807, 2.05) is 24.7 Å². The highest BCUT2D eigenvalue weighted by molar-refractivity contribution is 5.24. The molecule has 0 N–H and O–H groups in total. The van der Waals surface area contributed by atoms with Gasteiger partial charge in [-0.2, -0.15) is 10.1 Å². The van der Waals surface area contributed by atoms with Crippen molar-refractivity contribution in [3.8, 4) is 0 Å². The molecule has 0 spiro atoms. The number of rotatable bonds is 5. The number of hydrogen-bond donors (Lipinski definition) is 0. The van der Waals surface area contributed by atoms with Gasteiger partial charge in [-0.3, -0.25) is 9.58 Å².